The second kappa shape index (κ2) is 9.85. The summed E-state index contributed by atoms with van der Waals surface area (Å²) in [6.07, 6.45) is -3.78. The predicted molar refractivity (Wildman–Crippen MR) is 133 cm³/mol. The molecule has 1 N–H and O–H groups in total. The molecule has 0 aliphatic rings. The van der Waals surface area contributed by atoms with Crippen LogP contribution in [0, 0.1) is 0 Å². The number of nitrogens with zero attached hydrogens (tertiary/aromatic N) is 3. The molecule has 3 aromatic carbocycles. The van der Waals surface area contributed by atoms with E-state index < -0.39 is 23.8 Å². The Morgan fingerprint density at radius 2 is 1.67 bits per heavy atom. The van der Waals surface area contributed by atoms with E-state index in [4.69, 9.17) is 4.98 Å². The maximum absolute atomic E-state index is 13.6. The van der Waals surface area contributed by atoms with Crippen LogP contribution in [0.1, 0.15) is 36.8 Å². The number of aryl methyl sites for hydroxylation is 1. The Morgan fingerprint density at radius 1 is 1.03 bits per heavy atom. The predicted octanol–water partition coefficient (Wildman–Crippen LogP) is 6.19. The van der Waals surface area contributed by atoms with Crippen molar-refractivity contribution in [2.24, 2.45) is 0 Å². The summed E-state index contributed by atoms with van der Waals surface area (Å²) in [6.45, 7) is 3.74. The molecular formula is C27H25F3N4O2. The van der Waals surface area contributed by atoms with Crippen molar-refractivity contribution in [3.63, 3.8) is 0 Å². The number of amides is 2. The van der Waals surface area contributed by atoms with E-state index in [9.17, 15) is 22.8 Å². The molecule has 0 bridgehead atoms. The molecule has 1 heterocycles. The van der Waals surface area contributed by atoms with Gasteiger partial charge in [0.25, 0.3) is 5.56 Å². The first-order valence-corrected chi connectivity index (χ1v) is 11.4. The summed E-state index contributed by atoms with van der Waals surface area (Å²) in [5.74, 6) is 0.365. The second-order valence-corrected chi connectivity index (χ2v) is 8.40. The molecule has 1 unspecified atom stereocenters. The van der Waals surface area contributed by atoms with Gasteiger partial charge in [0.05, 0.1) is 28.2 Å². The maximum atomic E-state index is 13.6. The lowest BCUT2D eigenvalue weighted by Crippen LogP contribution is -2.37. The molecule has 9 heteroatoms. The number of carbonyl (C=O) groups is 1. The van der Waals surface area contributed by atoms with Gasteiger partial charge in [-0.2, -0.15) is 13.2 Å². The van der Waals surface area contributed by atoms with Crippen LogP contribution in [0.15, 0.2) is 77.6 Å². The number of fused-ring (bicyclic) bond motifs is 1. The number of rotatable bonds is 5. The number of anilines is 1. The minimum atomic E-state index is -4.46. The lowest BCUT2D eigenvalue weighted by atomic mass is 10.1. The van der Waals surface area contributed by atoms with Crippen LogP contribution in [0.25, 0.3) is 16.6 Å². The summed E-state index contributed by atoms with van der Waals surface area (Å²) in [5.41, 5.74) is 1.29. The molecule has 4 rings (SSSR count). The van der Waals surface area contributed by atoms with Crippen molar-refractivity contribution in [1.82, 2.24) is 14.5 Å². The van der Waals surface area contributed by atoms with Gasteiger partial charge in [0.15, 0.2) is 0 Å². The highest BCUT2D eigenvalue weighted by Crippen LogP contribution is 2.30. The van der Waals surface area contributed by atoms with E-state index in [-0.39, 0.29) is 11.2 Å². The second-order valence-electron chi connectivity index (χ2n) is 8.40. The third kappa shape index (κ3) is 4.82. The van der Waals surface area contributed by atoms with E-state index >= 15 is 0 Å². The van der Waals surface area contributed by atoms with Gasteiger partial charge in [0, 0.05) is 12.7 Å². The molecular weight excluding hydrogens is 469 g/mol. The fourth-order valence-electron chi connectivity index (χ4n) is 3.99. The van der Waals surface area contributed by atoms with E-state index in [1.54, 1.807) is 38.2 Å². The fraction of sp³-hybridized carbons (Fsp3) is 0.222. The molecule has 4 aromatic rings. The average Bonchev–Trinajstić information content (AvgIpc) is 2.87. The van der Waals surface area contributed by atoms with Crippen molar-refractivity contribution in [1.29, 1.82) is 0 Å². The Hall–Kier alpha value is -4.14. The molecule has 0 spiro atoms. The molecule has 0 saturated carbocycles. The SMILES string of the molecule is CCc1ccccc1-n1c(C(C)N(C)C(=O)Nc2ccc(C(F)(F)F)cc2)nc2ccccc2c1=O. The minimum Gasteiger partial charge on any atom is -0.318 e. The highest BCUT2D eigenvalue weighted by Gasteiger charge is 2.30. The zero-order chi connectivity index (χ0) is 26.0. The number of halogens is 3. The molecule has 0 radical (unpaired) electrons. The van der Waals surface area contributed by atoms with Gasteiger partial charge >= 0.3 is 12.2 Å². The van der Waals surface area contributed by atoms with Gasteiger partial charge in [-0.25, -0.2) is 9.78 Å². The smallest absolute Gasteiger partial charge is 0.318 e. The number of benzene rings is 3. The Bertz CT molecular complexity index is 1460. The monoisotopic (exact) mass is 494 g/mol. The highest BCUT2D eigenvalue weighted by atomic mass is 19.4. The van der Waals surface area contributed by atoms with Crippen molar-refractivity contribution in [3.8, 4) is 5.69 Å². The summed E-state index contributed by atoms with van der Waals surface area (Å²) in [7, 11) is 1.54. The molecule has 6 nitrogen and oxygen atoms in total. The molecule has 0 aliphatic heterocycles. The lowest BCUT2D eigenvalue weighted by molar-refractivity contribution is -0.137. The summed E-state index contributed by atoms with van der Waals surface area (Å²) in [5, 5.41) is 3.06. The van der Waals surface area contributed by atoms with Crippen LogP contribution in [0.3, 0.4) is 0 Å². The molecule has 186 valence electrons. The summed E-state index contributed by atoms with van der Waals surface area (Å²) in [6, 6.07) is 17.5. The topological polar surface area (TPSA) is 67.2 Å². The number of aromatic nitrogens is 2. The van der Waals surface area contributed by atoms with Crippen molar-refractivity contribution < 1.29 is 18.0 Å². The van der Waals surface area contributed by atoms with Crippen molar-refractivity contribution in [2.75, 3.05) is 12.4 Å². The average molecular weight is 495 g/mol. The van der Waals surface area contributed by atoms with Crippen LogP contribution in [0.4, 0.5) is 23.7 Å². The molecule has 2 amide bonds. The van der Waals surface area contributed by atoms with E-state index in [2.05, 4.69) is 5.32 Å². The molecule has 1 atom stereocenters. The Balaban J connectivity index is 1.73. The first-order chi connectivity index (χ1) is 17.1. The lowest BCUT2D eigenvalue weighted by Gasteiger charge is -2.27. The first kappa shape index (κ1) is 25.0. The van der Waals surface area contributed by atoms with Crippen LogP contribution < -0.4 is 10.9 Å². The first-order valence-electron chi connectivity index (χ1n) is 11.4. The Kier molecular flexibility index (Phi) is 6.83. The van der Waals surface area contributed by atoms with Crippen molar-refractivity contribution in [3.05, 3.63) is 100 Å². The van der Waals surface area contributed by atoms with Gasteiger partial charge in [-0.1, -0.05) is 37.3 Å². The largest absolute Gasteiger partial charge is 0.416 e. The number of nitrogens with one attached hydrogen (secondary N) is 1. The quantitative estimate of drug-likeness (QED) is 0.360. The zero-order valence-electron chi connectivity index (χ0n) is 20.0. The third-order valence-electron chi connectivity index (χ3n) is 6.15. The van der Waals surface area contributed by atoms with Gasteiger partial charge in [0.2, 0.25) is 0 Å². The van der Waals surface area contributed by atoms with Crippen LogP contribution in [0.2, 0.25) is 0 Å². The van der Waals surface area contributed by atoms with Gasteiger partial charge < -0.3 is 10.2 Å². The number of hydrogen-bond acceptors (Lipinski definition) is 3. The summed E-state index contributed by atoms with van der Waals surface area (Å²) >= 11 is 0. The fourth-order valence-corrected chi connectivity index (χ4v) is 3.99. The van der Waals surface area contributed by atoms with E-state index in [1.807, 2.05) is 31.2 Å². The molecule has 0 fully saturated rings. The van der Waals surface area contributed by atoms with Crippen LogP contribution in [-0.4, -0.2) is 27.5 Å². The van der Waals surface area contributed by atoms with E-state index in [0.29, 0.717) is 28.8 Å². The third-order valence-corrected chi connectivity index (χ3v) is 6.15. The molecule has 0 aliphatic carbocycles. The van der Waals surface area contributed by atoms with Crippen LogP contribution in [-0.2, 0) is 12.6 Å². The van der Waals surface area contributed by atoms with Crippen LogP contribution in [0.5, 0.6) is 0 Å². The molecule has 1 aromatic heterocycles. The normalized spacial score (nSPS) is 12.4. The minimum absolute atomic E-state index is 0.215. The van der Waals surface area contributed by atoms with Crippen molar-refractivity contribution in [2.45, 2.75) is 32.5 Å². The van der Waals surface area contributed by atoms with Gasteiger partial charge in [-0.3, -0.25) is 9.36 Å². The zero-order valence-corrected chi connectivity index (χ0v) is 20.0. The van der Waals surface area contributed by atoms with E-state index in [1.165, 1.54) is 21.6 Å². The van der Waals surface area contributed by atoms with Crippen molar-refractivity contribution >= 4 is 22.6 Å². The Labute approximate surface area is 206 Å². The van der Waals surface area contributed by atoms with Gasteiger partial charge in [0.1, 0.15) is 5.82 Å². The number of hydrogen-bond donors (Lipinski definition) is 1. The maximum Gasteiger partial charge on any atom is 0.416 e. The Morgan fingerprint density at radius 3 is 2.33 bits per heavy atom. The summed E-state index contributed by atoms with van der Waals surface area (Å²) in [4.78, 5) is 32.8. The number of carbonyl (C=O) groups excluding carboxylic acids is 1. The number of alkyl halides is 3. The molecule has 36 heavy (non-hydrogen) atoms. The standard InChI is InChI=1S/C27H25F3N4O2/c1-4-18-9-5-8-12-23(18)34-24(32-22-11-7-6-10-21(22)25(34)35)17(2)33(3)26(36)31-20-15-13-19(14-16-20)27(28,29)30/h5-17H,4H2,1-3H3,(H,31,36). The van der Waals surface area contributed by atoms with Gasteiger partial charge in [-0.15, -0.1) is 0 Å². The van der Waals surface area contributed by atoms with Crippen LogP contribution >= 0.6 is 0 Å². The molecule has 0 saturated heterocycles. The number of para-hydroxylation sites is 2. The highest BCUT2D eigenvalue weighted by molar-refractivity contribution is 5.89. The number of urea groups is 1. The van der Waals surface area contributed by atoms with E-state index in [0.717, 1.165) is 17.7 Å². The van der Waals surface area contributed by atoms with Gasteiger partial charge in [-0.05, 0) is 61.4 Å². The summed E-state index contributed by atoms with van der Waals surface area (Å²) < 4.78 is 40.1.